The molecule has 5 aliphatic rings. The number of hydrogen-bond donors (Lipinski definition) is 2. The molecular formula is C41H61N7O11. The van der Waals surface area contributed by atoms with Crippen LogP contribution in [-0.2, 0) is 49.5 Å². The summed E-state index contributed by atoms with van der Waals surface area (Å²) in [5.74, 6) is -4.09. The van der Waals surface area contributed by atoms with Gasteiger partial charge in [-0.15, -0.1) is 5.10 Å². The second-order valence-corrected chi connectivity index (χ2v) is 18.0. The Hall–Kier alpha value is -3.81. The van der Waals surface area contributed by atoms with E-state index >= 15 is 0 Å². The molecule has 59 heavy (non-hydrogen) atoms. The first kappa shape index (κ1) is 43.3. The average Bonchev–Trinajstić information content (AvgIpc) is 3.78. The topological polar surface area (TPSA) is 209 Å². The van der Waals surface area contributed by atoms with Crippen molar-refractivity contribution in [3.63, 3.8) is 0 Å². The molecule has 3 unspecified atom stereocenters. The first-order chi connectivity index (χ1) is 28.0. The molecule has 2 aromatic rings. The number of amides is 1. The van der Waals surface area contributed by atoms with Crippen molar-refractivity contribution in [3.8, 4) is 0 Å². The minimum atomic E-state index is -1.41. The minimum absolute atomic E-state index is 0.00212. The normalized spacial score (nSPS) is 41.6. The molecule has 5 saturated heterocycles. The van der Waals surface area contributed by atoms with Crippen LogP contribution in [0.3, 0.4) is 0 Å². The predicted molar refractivity (Wildman–Crippen MR) is 211 cm³/mol. The Morgan fingerprint density at radius 2 is 1.85 bits per heavy atom. The van der Waals surface area contributed by atoms with Gasteiger partial charge in [-0.25, -0.2) is 9.78 Å². The van der Waals surface area contributed by atoms with Crippen LogP contribution in [0, 0.1) is 29.6 Å². The highest BCUT2D eigenvalue weighted by atomic mass is 16.7. The number of nitrogens with one attached hydrogen (secondary N) is 1. The molecule has 2 N–H and O–H groups in total. The molecule has 2 aromatic heterocycles. The summed E-state index contributed by atoms with van der Waals surface area (Å²) in [5, 5.41) is 27.3. The SMILES string of the molecule is CC[C@H]1OC(=O)[C@H](C)[C@H]2OCC3COC(C)(C[C@@H](C)C(=O)[C@H](C)[C@@H]4N(C/C3=N/OCc3ccnc5n[nH]nc35)C(=O)OC41C)[C@H](O[C@@H]1O[C@H](C)C[C@H](N(C)C)[C@H]1O)[C@H]2C. The number of carbonyl (C=O) groups excluding carboxylic acids is 3. The number of aliphatic hydroxyl groups is 1. The molecule has 7 rings (SSSR count). The molecule has 0 aromatic carbocycles. The zero-order valence-corrected chi connectivity index (χ0v) is 35.8. The van der Waals surface area contributed by atoms with Crippen molar-refractivity contribution in [2.75, 3.05) is 33.9 Å². The Morgan fingerprint density at radius 3 is 2.58 bits per heavy atom. The number of nitrogens with zero attached hydrogens (tertiary/aromatic N) is 6. The van der Waals surface area contributed by atoms with Gasteiger partial charge in [0.05, 0.1) is 61.3 Å². The molecule has 6 bridgehead atoms. The third-order valence-corrected chi connectivity index (χ3v) is 13.5. The lowest BCUT2D eigenvalue weighted by Gasteiger charge is -2.48. The highest BCUT2D eigenvalue weighted by Crippen LogP contribution is 2.45. The maximum absolute atomic E-state index is 14.9. The number of carbonyl (C=O) groups is 3. The number of pyridine rings is 1. The predicted octanol–water partition coefficient (Wildman–Crippen LogP) is 3.26. The number of rotatable bonds is 7. The number of Topliss-reactive ketones (excluding diaryl/α,β-unsaturated/α-hetero) is 1. The van der Waals surface area contributed by atoms with Crippen molar-refractivity contribution < 1.29 is 52.7 Å². The molecule has 7 heterocycles. The van der Waals surface area contributed by atoms with Crippen molar-refractivity contribution in [2.45, 2.75) is 141 Å². The molecule has 18 nitrogen and oxygen atoms in total. The highest BCUT2D eigenvalue weighted by molar-refractivity contribution is 5.92. The van der Waals surface area contributed by atoms with Gasteiger partial charge in [0.1, 0.15) is 30.1 Å². The van der Waals surface area contributed by atoms with E-state index in [-0.39, 0.29) is 50.7 Å². The number of oxime groups is 1. The summed E-state index contributed by atoms with van der Waals surface area (Å²) in [4.78, 5) is 57.2. The van der Waals surface area contributed by atoms with Gasteiger partial charge in [0.15, 0.2) is 11.9 Å². The Labute approximate surface area is 344 Å². The van der Waals surface area contributed by atoms with Crippen molar-refractivity contribution in [3.05, 3.63) is 17.8 Å². The lowest BCUT2D eigenvalue weighted by Crippen LogP contribution is -2.61. The number of ether oxygens (including phenoxy) is 6. The van der Waals surface area contributed by atoms with E-state index in [2.05, 4.69) is 20.4 Å². The van der Waals surface area contributed by atoms with Crippen LogP contribution in [-0.4, -0.2) is 153 Å². The summed E-state index contributed by atoms with van der Waals surface area (Å²) in [6.45, 7) is 14.8. The number of aromatic nitrogens is 4. The van der Waals surface area contributed by atoms with Crippen molar-refractivity contribution in [1.82, 2.24) is 30.2 Å². The zero-order chi connectivity index (χ0) is 42.6. The lowest BCUT2D eigenvalue weighted by molar-refractivity contribution is -0.302. The van der Waals surface area contributed by atoms with Crippen molar-refractivity contribution in [2.24, 2.45) is 34.7 Å². The number of aliphatic hydroxyl groups excluding tert-OH is 1. The van der Waals surface area contributed by atoms with Gasteiger partial charge < -0.3 is 43.3 Å². The molecule has 5 fully saturated rings. The second-order valence-electron chi connectivity index (χ2n) is 18.0. The first-order valence-corrected chi connectivity index (χ1v) is 20.9. The van der Waals surface area contributed by atoms with Crippen molar-refractivity contribution in [1.29, 1.82) is 0 Å². The fourth-order valence-electron chi connectivity index (χ4n) is 10.3. The maximum Gasteiger partial charge on any atom is 0.411 e. The number of fused-ring (bicyclic) bond motifs is 6. The van der Waals surface area contributed by atoms with Crippen LogP contribution in [0.25, 0.3) is 11.2 Å². The van der Waals surface area contributed by atoms with Gasteiger partial charge in [-0.1, -0.05) is 32.9 Å². The average molecular weight is 828 g/mol. The fourth-order valence-corrected chi connectivity index (χ4v) is 10.3. The number of likely N-dealkylation sites (N-methyl/N-ethyl adjacent to an activating group) is 1. The zero-order valence-electron chi connectivity index (χ0n) is 35.8. The summed E-state index contributed by atoms with van der Waals surface area (Å²) < 4.78 is 39.8. The van der Waals surface area contributed by atoms with Gasteiger partial charge in [0.2, 0.25) is 5.65 Å². The first-order valence-electron chi connectivity index (χ1n) is 20.9. The highest BCUT2D eigenvalue weighted by Gasteiger charge is 2.61. The largest absolute Gasteiger partial charge is 0.458 e. The quantitative estimate of drug-likeness (QED) is 0.303. The maximum atomic E-state index is 14.9. The second kappa shape index (κ2) is 16.9. The number of ketones is 1. The summed E-state index contributed by atoms with van der Waals surface area (Å²) >= 11 is 0. The lowest BCUT2D eigenvalue weighted by atomic mass is 9.73. The molecule has 0 spiro atoms. The smallest absolute Gasteiger partial charge is 0.411 e. The third kappa shape index (κ3) is 8.08. The van der Waals surface area contributed by atoms with Gasteiger partial charge >= 0.3 is 12.1 Å². The number of cyclic esters (lactones) is 1. The van der Waals surface area contributed by atoms with Crippen LogP contribution >= 0.6 is 0 Å². The number of hydrogen-bond acceptors (Lipinski definition) is 16. The molecule has 1 amide bonds. The number of H-pyrrole nitrogens is 1. The van der Waals surface area contributed by atoms with E-state index in [1.807, 2.05) is 53.6 Å². The van der Waals surface area contributed by atoms with E-state index in [1.54, 1.807) is 33.0 Å². The molecule has 326 valence electrons. The summed E-state index contributed by atoms with van der Waals surface area (Å²) in [6, 6.07) is 0.652. The van der Waals surface area contributed by atoms with Gasteiger partial charge in [-0.3, -0.25) is 14.5 Å². The van der Waals surface area contributed by atoms with E-state index in [0.717, 1.165) is 0 Å². The molecular weight excluding hydrogens is 766 g/mol. The molecule has 0 saturated carbocycles. The standard InChI is InChI=1S/C41H61N7O11/c1-11-29-41(8)34-22(4)31(49)20(2)15-40(7)35(58-38-32(50)28(47(9)10)14-21(3)56-38)23(5)33(24(6)37(51)57-29)53-17-26(18-54-40)27(16-48(34)39(52)59-41)45-55-19-25-12-13-42-36-30(25)43-46-44-36/h12-13,20-24,26,28-29,32-35,38,50H,11,14-19H2,1-10H3,(H,42,43,44,46)/b45-27-/t20-,21-,22+,23+,24-,26?,28+,29-,32-,33+,34+,35-,38+,40?,41?/m1/s1. The minimum Gasteiger partial charge on any atom is -0.458 e. The molecule has 15 atom stereocenters. The molecule has 0 aliphatic carbocycles. The van der Waals surface area contributed by atoms with E-state index in [9.17, 15) is 19.5 Å². The van der Waals surface area contributed by atoms with Crippen molar-refractivity contribution >= 4 is 34.7 Å². The van der Waals surface area contributed by atoms with Crippen LogP contribution in [0.2, 0.25) is 0 Å². The summed E-state index contributed by atoms with van der Waals surface area (Å²) in [7, 11) is 3.82. The number of esters is 1. The van der Waals surface area contributed by atoms with Gasteiger partial charge in [-0.05, 0) is 67.1 Å². The van der Waals surface area contributed by atoms with Crippen LogP contribution in [0.1, 0.15) is 80.2 Å². The molecule has 0 radical (unpaired) electrons. The van der Waals surface area contributed by atoms with E-state index in [4.69, 9.17) is 38.4 Å². The Balaban J connectivity index is 1.38. The van der Waals surface area contributed by atoms with Gasteiger partial charge in [-0.2, -0.15) is 10.3 Å². The van der Waals surface area contributed by atoms with E-state index in [0.29, 0.717) is 35.3 Å². The van der Waals surface area contributed by atoms with Gasteiger partial charge in [0, 0.05) is 41.5 Å². The van der Waals surface area contributed by atoms with Crippen LogP contribution < -0.4 is 0 Å². The van der Waals surface area contributed by atoms with E-state index < -0.39 is 89.6 Å². The monoisotopic (exact) mass is 827 g/mol. The number of aromatic amines is 1. The Morgan fingerprint density at radius 1 is 1.08 bits per heavy atom. The van der Waals surface area contributed by atoms with Crippen LogP contribution in [0.15, 0.2) is 17.4 Å². The fraction of sp³-hybridized carbons (Fsp3) is 0.780. The molecule has 18 heteroatoms. The summed E-state index contributed by atoms with van der Waals surface area (Å²) in [6.07, 6.45) is -2.85. The van der Waals surface area contributed by atoms with Crippen LogP contribution in [0.5, 0.6) is 0 Å². The van der Waals surface area contributed by atoms with Crippen LogP contribution in [0.4, 0.5) is 4.79 Å². The third-order valence-electron chi connectivity index (χ3n) is 13.5. The molecule has 5 aliphatic heterocycles. The van der Waals surface area contributed by atoms with Gasteiger partial charge in [0.25, 0.3) is 0 Å². The Kier molecular flexibility index (Phi) is 12.4. The van der Waals surface area contributed by atoms with E-state index in [1.165, 1.54) is 4.90 Å². The Bertz CT molecular complexity index is 1900. The summed E-state index contributed by atoms with van der Waals surface area (Å²) in [5.41, 5.74) is -0.570.